The number of aliphatic carboxylic acids is 1. The number of likely N-dealkylation sites (N-methyl/N-ethyl adjacent to an activating group) is 1. The number of nitrogens with zero attached hydrogens (tertiary/aromatic N) is 5. The summed E-state index contributed by atoms with van der Waals surface area (Å²) in [7, 11) is 7.40. The molecule has 10 nitrogen and oxygen atoms in total. The number of ether oxygens (including phenoxy) is 1. The highest BCUT2D eigenvalue weighted by molar-refractivity contribution is 6.32. The van der Waals surface area contributed by atoms with E-state index in [1.54, 1.807) is 32.7 Å². The van der Waals surface area contributed by atoms with Crippen LogP contribution in [0.4, 0.5) is 32.2 Å². The number of carbonyl (C=O) groups excluding carboxylic acids is 1. The van der Waals surface area contributed by atoms with Crippen LogP contribution in [0.5, 0.6) is 5.75 Å². The number of nitrogens with one attached hydrogen (secondary N) is 1. The molecule has 2 heterocycles. The number of carboxylic acid groups (broad SMARTS) is 1. The van der Waals surface area contributed by atoms with Crippen LogP contribution in [0.2, 0.25) is 5.02 Å². The average Bonchev–Trinajstić information content (AvgIpc) is 3.10. The summed E-state index contributed by atoms with van der Waals surface area (Å²) in [4.78, 5) is 38.5. The molecule has 0 spiro atoms. The highest BCUT2D eigenvalue weighted by Crippen LogP contribution is 2.44. The van der Waals surface area contributed by atoms with Gasteiger partial charge >= 0.3 is 18.3 Å². The van der Waals surface area contributed by atoms with Gasteiger partial charge in [-0.2, -0.15) is 26.3 Å². The van der Waals surface area contributed by atoms with E-state index in [9.17, 15) is 31.1 Å². The molecule has 3 aromatic rings. The Morgan fingerprint density at radius 3 is 1.91 bits per heavy atom. The van der Waals surface area contributed by atoms with Crippen LogP contribution >= 0.6 is 11.6 Å². The van der Waals surface area contributed by atoms with E-state index in [4.69, 9.17) is 31.2 Å². The summed E-state index contributed by atoms with van der Waals surface area (Å²) in [6, 6.07) is 5.50. The normalized spacial score (nSPS) is 11.7. The van der Waals surface area contributed by atoms with Crippen molar-refractivity contribution in [3.8, 4) is 16.9 Å². The van der Waals surface area contributed by atoms with E-state index in [0.29, 0.717) is 17.3 Å². The molecule has 54 heavy (non-hydrogen) atoms. The van der Waals surface area contributed by atoms with E-state index >= 15 is 0 Å². The second kappa shape index (κ2) is 24.3. The number of carboxylic acids is 1. The zero-order valence-corrected chi connectivity index (χ0v) is 34.3. The molecular weight excluding hydrogens is 742 g/mol. The minimum Gasteiger partial charge on any atom is -0.493 e. The lowest BCUT2D eigenvalue weighted by atomic mass is 9.93. The summed E-state index contributed by atoms with van der Waals surface area (Å²) in [5, 5.41) is 11.0. The summed E-state index contributed by atoms with van der Waals surface area (Å²) >= 11 is 6.82. The molecule has 1 aromatic carbocycles. The van der Waals surface area contributed by atoms with Crippen LogP contribution in [-0.4, -0.2) is 90.5 Å². The van der Waals surface area contributed by atoms with Crippen LogP contribution in [-0.2, 0) is 4.79 Å². The Balaban J connectivity index is 0. The first-order valence-corrected chi connectivity index (χ1v) is 17.5. The fourth-order valence-corrected chi connectivity index (χ4v) is 4.94. The number of pyridine rings is 1. The van der Waals surface area contributed by atoms with E-state index in [1.165, 1.54) is 4.90 Å². The predicted octanol–water partition coefficient (Wildman–Crippen LogP) is 9.68. The first kappa shape index (κ1) is 51.9. The largest absolute Gasteiger partial charge is 0.493 e. The van der Waals surface area contributed by atoms with Crippen LogP contribution < -0.4 is 15.0 Å². The molecule has 0 saturated carbocycles. The van der Waals surface area contributed by atoms with Gasteiger partial charge in [0.25, 0.3) is 5.91 Å². The van der Waals surface area contributed by atoms with E-state index in [2.05, 4.69) is 34.0 Å². The van der Waals surface area contributed by atoms with Crippen molar-refractivity contribution in [2.24, 2.45) is 0 Å². The monoisotopic (exact) mass is 796 g/mol. The second-order valence-electron chi connectivity index (χ2n) is 11.4. The van der Waals surface area contributed by atoms with Crippen molar-refractivity contribution >= 4 is 29.3 Å². The molecule has 0 saturated heterocycles. The van der Waals surface area contributed by atoms with Crippen molar-refractivity contribution in [1.82, 2.24) is 25.2 Å². The third-order valence-corrected chi connectivity index (χ3v) is 7.54. The van der Waals surface area contributed by atoms with Crippen molar-refractivity contribution in [1.29, 1.82) is 0 Å². The lowest BCUT2D eigenvalue weighted by molar-refractivity contribution is -0.192. The van der Waals surface area contributed by atoms with Gasteiger partial charge in [0.15, 0.2) is 0 Å². The number of hydrogen-bond acceptors (Lipinski definition) is 8. The maximum absolute atomic E-state index is 12.4. The van der Waals surface area contributed by atoms with Gasteiger partial charge in [-0.05, 0) is 58.4 Å². The lowest BCUT2D eigenvalue weighted by Gasteiger charge is -2.32. The zero-order chi connectivity index (χ0) is 42.7. The summed E-state index contributed by atoms with van der Waals surface area (Å²) in [6.45, 7) is 19.7. The Labute approximate surface area is 320 Å². The molecule has 3 rings (SSSR count). The molecule has 0 aliphatic rings. The topological polar surface area (TPSA) is 121 Å². The maximum atomic E-state index is 12.4. The molecule has 306 valence electrons. The van der Waals surface area contributed by atoms with E-state index in [0.717, 1.165) is 51.6 Å². The SMILES string of the molecule is CC.CC.CC(F)(F)F.CCOc1c(C(C)N(C)c2ncnc(C)c2C(C)CNC)cc(Cl)c(C)c1-c1ccc(C(=O)N(C)C)nc1.O=C(O)C(F)(F)F. The minimum atomic E-state index is -5.08. The molecule has 0 fully saturated rings. The summed E-state index contributed by atoms with van der Waals surface area (Å²) in [5.41, 5.74) is 5.99. The van der Waals surface area contributed by atoms with Gasteiger partial charge in [-0.15, -0.1) is 0 Å². The number of aryl methyl sites for hydroxylation is 1. The van der Waals surface area contributed by atoms with Gasteiger partial charge in [0.05, 0.1) is 12.6 Å². The summed E-state index contributed by atoms with van der Waals surface area (Å²) in [5.74, 6) is -1.06. The number of anilines is 1. The molecule has 17 heteroatoms. The molecule has 2 aromatic heterocycles. The number of amides is 1. The number of hydrogen-bond donors (Lipinski definition) is 2. The highest BCUT2D eigenvalue weighted by Gasteiger charge is 2.38. The molecule has 0 aliphatic carbocycles. The average molecular weight is 797 g/mol. The van der Waals surface area contributed by atoms with Crippen molar-refractivity contribution in [2.75, 3.05) is 46.2 Å². The fourth-order valence-electron chi connectivity index (χ4n) is 4.73. The number of aromatic nitrogens is 3. The van der Waals surface area contributed by atoms with Gasteiger partial charge < -0.3 is 25.0 Å². The third kappa shape index (κ3) is 16.5. The smallest absolute Gasteiger partial charge is 0.490 e. The van der Waals surface area contributed by atoms with Crippen molar-refractivity contribution in [2.45, 2.75) is 93.5 Å². The van der Waals surface area contributed by atoms with Gasteiger partial charge in [0.1, 0.15) is 23.6 Å². The fraction of sp³-hybridized carbons (Fsp3) is 0.541. The molecular formula is C37H55ClF6N6O4. The Kier molecular flexibility index (Phi) is 23.3. The first-order chi connectivity index (χ1) is 25.0. The van der Waals surface area contributed by atoms with E-state index in [1.807, 2.05) is 74.7 Å². The van der Waals surface area contributed by atoms with E-state index < -0.39 is 18.3 Å². The molecule has 2 N–H and O–H groups in total. The molecule has 0 radical (unpaired) electrons. The predicted molar refractivity (Wildman–Crippen MR) is 203 cm³/mol. The molecule has 0 aliphatic heterocycles. The van der Waals surface area contributed by atoms with Gasteiger partial charge in [-0.25, -0.2) is 14.8 Å². The van der Waals surface area contributed by atoms with Gasteiger partial charge in [0.2, 0.25) is 0 Å². The standard InChI is InChI=1S/C29H39ClN6O2.C2HF3O2.C2H3F3.2C2H6/c1-10-38-27-22(20(5)36(9)28-25(17(2)14-31-6)19(4)33-16-34-28)13-23(30)18(3)26(27)21-11-12-24(32-15-21)29(37)35(7)8;3-2(4,5)1(6)7;1-2(3,4)5;2*1-2/h11-13,15-17,20,31H,10,14H2,1-9H3;(H,6,7);1H3;2*1-2H3. The number of benzene rings is 1. The Morgan fingerprint density at radius 2 is 1.50 bits per heavy atom. The van der Waals surface area contributed by atoms with Crippen LogP contribution in [0.3, 0.4) is 0 Å². The molecule has 1 amide bonds. The second-order valence-corrected chi connectivity index (χ2v) is 11.8. The van der Waals surface area contributed by atoms with Gasteiger partial charge in [0, 0.05) is 73.8 Å². The number of alkyl halides is 6. The highest BCUT2D eigenvalue weighted by atomic mass is 35.5. The summed E-state index contributed by atoms with van der Waals surface area (Å²) < 4.78 is 69.1. The van der Waals surface area contributed by atoms with Crippen LogP contribution in [0.1, 0.15) is 100 Å². The van der Waals surface area contributed by atoms with Gasteiger partial charge in [-0.3, -0.25) is 9.78 Å². The third-order valence-electron chi connectivity index (χ3n) is 7.14. The molecule has 2 atom stereocenters. The van der Waals surface area contributed by atoms with Crippen LogP contribution in [0, 0.1) is 13.8 Å². The maximum Gasteiger partial charge on any atom is 0.490 e. The van der Waals surface area contributed by atoms with Crippen LogP contribution in [0.25, 0.3) is 11.1 Å². The lowest BCUT2D eigenvalue weighted by Crippen LogP contribution is -2.27. The number of carbonyl (C=O) groups is 2. The number of halogens is 7. The van der Waals surface area contributed by atoms with Gasteiger partial charge in [-0.1, -0.05) is 52.3 Å². The minimum absolute atomic E-state index is 0.120. The first-order valence-electron chi connectivity index (χ1n) is 17.2. The Bertz CT molecular complexity index is 1580. The quantitative estimate of drug-likeness (QED) is 0.193. The van der Waals surface area contributed by atoms with Crippen molar-refractivity contribution < 1.29 is 45.8 Å². The zero-order valence-electron chi connectivity index (χ0n) is 33.5. The van der Waals surface area contributed by atoms with Crippen molar-refractivity contribution in [3.63, 3.8) is 0 Å². The van der Waals surface area contributed by atoms with E-state index in [-0.39, 0.29) is 24.8 Å². The Morgan fingerprint density at radius 1 is 0.981 bits per heavy atom. The number of rotatable bonds is 10. The summed E-state index contributed by atoms with van der Waals surface area (Å²) in [6.07, 6.45) is -5.76. The molecule has 0 bridgehead atoms. The molecule has 2 unspecified atom stereocenters. The Hall–Kier alpha value is -4.18. The van der Waals surface area contributed by atoms with Crippen molar-refractivity contribution in [3.05, 3.63) is 63.8 Å². The van der Waals surface area contributed by atoms with Crippen LogP contribution in [0.15, 0.2) is 30.7 Å².